The highest BCUT2D eigenvalue weighted by Gasteiger charge is 2.39. The standard InChI is InChI=1S/C49H62FN9O7S/c1-31-27-56(49(63)45(33-8-5-4-6-9-33)53-47(61)32(2)51-3)21-22-57(31)48(62)41-25-34-24-35(50)11-12-40(34)59(41)29-44(60)58-18-7-10-36(58)30-64-43-26-38(66-54-43)28-55-19-14-37(15-20-55)65-42-13-17-52-39-16-23-67-46(39)42/h11-13,16-17,23-26,31-33,36-37,45,51H,4-10,14-15,18-22,27-30H2,1-3H3,(H,53,61)/t31-,32-,36-,45?/m0/s1. The molecule has 3 aliphatic heterocycles. The zero-order chi connectivity index (χ0) is 46.6. The van der Waals surface area contributed by atoms with Gasteiger partial charge in [0.15, 0.2) is 5.76 Å². The molecule has 1 aliphatic carbocycles. The number of piperidine rings is 1. The van der Waals surface area contributed by atoms with E-state index in [1.165, 1.54) is 12.1 Å². The molecule has 4 aliphatic rings. The highest BCUT2D eigenvalue weighted by atomic mass is 32.1. The second-order valence-electron chi connectivity index (χ2n) is 18.7. The van der Waals surface area contributed by atoms with Crippen LogP contribution in [0, 0.1) is 11.7 Å². The number of aromatic nitrogens is 3. The fourth-order valence-electron chi connectivity index (χ4n) is 10.4. The summed E-state index contributed by atoms with van der Waals surface area (Å²) in [4.78, 5) is 68.0. The number of halogens is 1. The first-order valence-corrected chi connectivity index (χ1v) is 24.9. The Kier molecular flexibility index (Phi) is 14.4. The topological polar surface area (TPSA) is 168 Å². The number of likely N-dealkylation sites (tertiary alicyclic amines) is 2. The first kappa shape index (κ1) is 46.5. The van der Waals surface area contributed by atoms with Gasteiger partial charge >= 0.3 is 0 Å². The van der Waals surface area contributed by atoms with Gasteiger partial charge < -0.3 is 43.9 Å². The highest BCUT2D eigenvalue weighted by molar-refractivity contribution is 7.17. The minimum atomic E-state index is -0.632. The summed E-state index contributed by atoms with van der Waals surface area (Å²) in [6.45, 7) is 7.50. The maximum absolute atomic E-state index is 14.6. The summed E-state index contributed by atoms with van der Waals surface area (Å²) < 4.78 is 35.6. The van der Waals surface area contributed by atoms with Gasteiger partial charge in [0.2, 0.25) is 17.7 Å². The van der Waals surface area contributed by atoms with Gasteiger partial charge in [-0.25, -0.2) is 4.39 Å². The Hall–Kier alpha value is -5.59. The van der Waals surface area contributed by atoms with Gasteiger partial charge in [0.1, 0.15) is 42.6 Å². The Balaban J connectivity index is 0.804. The number of likely N-dealkylation sites (N-methyl/N-ethyl adjacent to an activating group) is 1. The van der Waals surface area contributed by atoms with E-state index in [0.29, 0.717) is 48.7 Å². The molecule has 358 valence electrons. The van der Waals surface area contributed by atoms with Crippen molar-refractivity contribution in [1.29, 1.82) is 0 Å². The molecule has 4 fully saturated rings. The monoisotopic (exact) mass is 939 g/mol. The summed E-state index contributed by atoms with van der Waals surface area (Å²) in [5.74, 6) is 0.764. The average molecular weight is 940 g/mol. The summed E-state index contributed by atoms with van der Waals surface area (Å²) in [6.07, 6.45) is 10.2. The molecular weight excluding hydrogens is 878 g/mol. The number of piperazine rings is 1. The predicted octanol–water partition coefficient (Wildman–Crippen LogP) is 5.84. The van der Waals surface area contributed by atoms with Crippen LogP contribution in [0.15, 0.2) is 58.6 Å². The van der Waals surface area contributed by atoms with Gasteiger partial charge in [0.05, 0.1) is 28.8 Å². The SMILES string of the molecule is CN[C@@H](C)C(=O)NC(C(=O)N1CCN(C(=O)c2cc3cc(F)ccc3n2CC(=O)N2CCC[C@H]2COc2cc(CN3CCC(Oc4ccnc5ccsc45)CC3)on2)[C@@H](C)C1)C1CCCCC1. The summed E-state index contributed by atoms with van der Waals surface area (Å²) in [7, 11) is 1.72. The third-order valence-corrected chi connectivity index (χ3v) is 15.2. The van der Waals surface area contributed by atoms with Gasteiger partial charge in [-0.1, -0.05) is 19.3 Å². The van der Waals surface area contributed by atoms with Crippen LogP contribution in [0.25, 0.3) is 21.1 Å². The molecule has 4 amide bonds. The fraction of sp³-hybridized carbons (Fsp3) is 0.551. The first-order valence-electron chi connectivity index (χ1n) is 24.0. The van der Waals surface area contributed by atoms with Crippen LogP contribution in [0.5, 0.6) is 11.6 Å². The van der Waals surface area contributed by atoms with Crippen molar-refractivity contribution in [2.24, 2.45) is 5.92 Å². The van der Waals surface area contributed by atoms with Crippen LogP contribution in [-0.2, 0) is 27.5 Å². The number of ether oxygens (including phenoxy) is 2. The van der Waals surface area contributed by atoms with Crippen molar-refractivity contribution >= 4 is 56.1 Å². The Morgan fingerprint density at radius 1 is 0.940 bits per heavy atom. The third-order valence-electron chi connectivity index (χ3n) is 14.3. The lowest BCUT2D eigenvalue weighted by Gasteiger charge is -2.42. The predicted molar refractivity (Wildman–Crippen MR) is 251 cm³/mol. The van der Waals surface area contributed by atoms with Gasteiger partial charge in [0.25, 0.3) is 11.8 Å². The average Bonchev–Trinajstić information content (AvgIpc) is 4.18. The number of nitrogens with one attached hydrogen (secondary N) is 2. The molecule has 18 heteroatoms. The van der Waals surface area contributed by atoms with Gasteiger partial charge in [-0.2, -0.15) is 0 Å². The van der Waals surface area contributed by atoms with E-state index in [1.807, 2.05) is 30.5 Å². The normalized spacial score (nSPS) is 20.9. The summed E-state index contributed by atoms with van der Waals surface area (Å²) >= 11 is 1.64. The second kappa shape index (κ2) is 20.7. The van der Waals surface area contributed by atoms with Crippen molar-refractivity contribution in [1.82, 2.24) is 44.9 Å². The lowest BCUT2D eigenvalue weighted by Crippen LogP contribution is -2.61. The number of amides is 4. The minimum absolute atomic E-state index is 0.0535. The van der Waals surface area contributed by atoms with Gasteiger partial charge in [0, 0.05) is 68.5 Å². The highest BCUT2D eigenvalue weighted by Crippen LogP contribution is 2.33. The second-order valence-corrected chi connectivity index (χ2v) is 19.6. The molecule has 7 heterocycles. The first-order chi connectivity index (χ1) is 32.5. The van der Waals surface area contributed by atoms with E-state index in [0.717, 1.165) is 86.8 Å². The van der Waals surface area contributed by atoms with Gasteiger partial charge in [-0.3, -0.25) is 29.1 Å². The molecule has 0 spiro atoms. The molecule has 0 bridgehead atoms. The maximum Gasteiger partial charge on any atom is 0.270 e. The number of nitrogens with zero attached hydrogens (tertiary/aromatic N) is 7. The molecule has 2 N–H and O–H groups in total. The number of pyridine rings is 1. The molecular formula is C49H62FN9O7S. The van der Waals surface area contributed by atoms with Gasteiger partial charge in [-0.05, 0) is 112 Å². The molecule has 4 atom stereocenters. The van der Waals surface area contributed by atoms with Crippen LogP contribution in [0.1, 0.15) is 87.9 Å². The van der Waals surface area contributed by atoms with Crippen LogP contribution in [0.2, 0.25) is 0 Å². The lowest BCUT2D eigenvalue weighted by atomic mass is 9.83. The van der Waals surface area contributed by atoms with Crippen molar-refractivity contribution in [2.75, 3.05) is 52.9 Å². The molecule has 1 aromatic carbocycles. The molecule has 3 saturated heterocycles. The number of hydrogen-bond acceptors (Lipinski definition) is 12. The number of carbonyl (C=O) groups excluding carboxylic acids is 4. The molecule has 16 nitrogen and oxygen atoms in total. The van der Waals surface area contributed by atoms with Crippen molar-refractivity contribution in [3.8, 4) is 11.6 Å². The van der Waals surface area contributed by atoms with Gasteiger partial charge in [-0.15, -0.1) is 11.3 Å². The quantitative estimate of drug-likeness (QED) is 0.130. The van der Waals surface area contributed by atoms with Crippen molar-refractivity contribution in [2.45, 2.75) is 115 Å². The molecule has 0 radical (unpaired) electrons. The Morgan fingerprint density at radius 3 is 2.55 bits per heavy atom. The largest absolute Gasteiger partial charge is 0.489 e. The van der Waals surface area contributed by atoms with Crippen molar-refractivity contribution in [3.05, 3.63) is 71.3 Å². The number of hydrogen-bond donors (Lipinski definition) is 2. The Bertz CT molecular complexity index is 2550. The molecule has 67 heavy (non-hydrogen) atoms. The van der Waals surface area contributed by atoms with E-state index in [1.54, 1.807) is 62.9 Å². The molecule has 5 aromatic rings. The van der Waals surface area contributed by atoms with E-state index in [9.17, 15) is 23.6 Å². The smallest absolute Gasteiger partial charge is 0.270 e. The van der Waals surface area contributed by atoms with E-state index >= 15 is 0 Å². The van der Waals surface area contributed by atoms with Crippen LogP contribution >= 0.6 is 11.3 Å². The summed E-state index contributed by atoms with van der Waals surface area (Å²) in [5.41, 5.74) is 1.81. The minimum Gasteiger partial charge on any atom is -0.489 e. The molecule has 1 saturated carbocycles. The summed E-state index contributed by atoms with van der Waals surface area (Å²) in [5, 5.41) is 12.8. The van der Waals surface area contributed by atoms with Crippen LogP contribution in [-0.4, -0.2) is 141 Å². The number of carbonyl (C=O) groups is 4. The van der Waals surface area contributed by atoms with Crippen LogP contribution < -0.4 is 20.1 Å². The number of thiophene rings is 1. The molecule has 9 rings (SSSR count). The Labute approximate surface area is 394 Å². The Morgan fingerprint density at radius 2 is 1.76 bits per heavy atom. The van der Waals surface area contributed by atoms with E-state index in [2.05, 4.69) is 25.7 Å². The zero-order valence-corrected chi connectivity index (χ0v) is 39.5. The van der Waals surface area contributed by atoms with E-state index < -0.39 is 17.9 Å². The van der Waals surface area contributed by atoms with Crippen molar-refractivity contribution < 1.29 is 37.6 Å². The third kappa shape index (κ3) is 10.5. The van der Waals surface area contributed by atoms with Crippen LogP contribution in [0.4, 0.5) is 4.39 Å². The molecule has 4 aromatic heterocycles. The number of rotatable bonds is 15. The zero-order valence-electron chi connectivity index (χ0n) is 38.7. The fourth-order valence-corrected chi connectivity index (χ4v) is 11.2. The molecule has 1 unspecified atom stereocenters. The number of fused-ring (bicyclic) bond motifs is 2. The number of benzene rings is 1. The maximum atomic E-state index is 14.6. The summed E-state index contributed by atoms with van der Waals surface area (Å²) in [6, 6.07) is 10.1. The van der Waals surface area contributed by atoms with E-state index in [-0.39, 0.29) is 73.1 Å². The van der Waals surface area contributed by atoms with Crippen molar-refractivity contribution in [3.63, 3.8) is 0 Å². The van der Waals surface area contributed by atoms with E-state index in [4.69, 9.17) is 14.0 Å². The lowest BCUT2D eigenvalue weighted by molar-refractivity contribution is -0.140. The van der Waals surface area contributed by atoms with Crippen LogP contribution in [0.3, 0.4) is 0 Å².